The number of hydrogen-bond donors (Lipinski definition) is 3. The normalized spacial score (nSPS) is 10.6. The van der Waals surface area contributed by atoms with Crippen LogP contribution in [0.5, 0.6) is 0 Å². The van der Waals surface area contributed by atoms with Crippen LogP contribution in [-0.2, 0) is 0 Å². The molecule has 1 heterocycles. The van der Waals surface area contributed by atoms with E-state index in [-0.39, 0.29) is 5.69 Å². The van der Waals surface area contributed by atoms with Crippen molar-refractivity contribution in [3.05, 3.63) is 60.3 Å². The molecule has 3 rings (SSSR count). The summed E-state index contributed by atoms with van der Waals surface area (Å²) >= 11 is 0. The number of rotatable bonds is 2. The van der Waals surface area contributed by atoms with Crippen molar-refractivity contribution in [1.29, 1.82) is 0 Å². The molecular weight excluding hydrogens is 276 g/mol. The molecule has 6 heteroatoms. The molecule has 0 aliphatic rings. The fraction of sp³-hybridized carbons (Fsp3) is 0. The van der Waals surface area contributed by atoms with E-state index in [9.17, 15) is 13.6 Å². The Morgan fingerprint density at radius 3 is 2.62 bits per heavy atom. The van der Waals surface area contributed by atoms with Gasteiger partial charge >= 0.3 is 6.03 Å². The zero-order chi connectivity index (χ0) is 14.8. The molecule has 21 heavy (non-hydrogen) atoms. The van der Waals surface area contributed by atoms with Crippen LogP contribution in [0.4, 0.5) is 25.0 Å². The van der Waals surface area contributed by atoms with Crippen molar-refractivity contribution in [3.63, 3.8) is 0 Å². The topological polar surface area (TPSA) is 56.9 Å². The maximum absolute atomic E-state index is 13.4. The predicted molar refractivity (Wildman–Crippen MR) is 77.3 cm³/mol. The number of hydrogen-bond acceptors (Lipinski definition) is 1. The number of aromatic amines is 1. The quantitative estimate of drug-likeness (QED) is 0.653. The zero-order valence-corrected chi connectivity index (χ0v) is 10.8. The summed E-state index contributed by atoms with van der Waals surface area (Å²) in [5.41, 5.74) is 1.21. The molecule has 106 valence electrons. The monoisotopic (exact) mass is 287 g/mol. The Balaban J connectivity index is 1.79. The average molecular weight is 287 g/mol. The van der Waals surface area contributed by atoms with Crippen molar-refractivity contribution < 1.29 is 13.6 Å². The van der Waals surface area contributed by atoms with Crippen molar-refractivity contribution in [3.8, 4) is 0 Å². The van der Waals surface area contributed by atoms with Gasteiger partial charge in [-0.05, 0) is 18.2 Å². The van der Waals surface area contributed by atoms with Crippen LogP contribution in [0.2, 0.25) is 0 Å². The minimum atomic E-state index is -0.703. The minimum absolute atomic E-state index is 0.215. The van der Waals surface area contributed by atoms with Gasteiger partial charge in [0.2, 0.25) is 0 Å². The summed E-state index contributed by atoms with van der Waals surface area (Å²) in [6.45, 7) is 0. The molecule has 4 nitrogen and oxygen atoms in total. The fourth-order valence-electron chi connectivity index (χ4n) is 2.04. The lowest BCUT2D eigenvalue weighted by Crippen LogP contribution is -2.20. The van der Waals surface area contributed by atoms with Gasteiger partial charge < -0.3 is 15.6 Å². The van der Waals surface area contributed by atoms with Crippen LogP contribution in [0.1, 0.15) is 0 Å². The van der Waals surface area contributed by atoms with Gasteiger partial charge in [-0.1, -0.05) is 18.2 Å². The summed E-state index contributed by atoms with van der Waals surface area (Å²) in [5, 5.41) is 5.69. The summed E-state index contributed by atoms with van der Waals surface area (Å²) in [6.07, 6.45) is 1.63. The summed E-state index contributed by atoms with van der Waals surface area (Å²) in [5.74, 6) is -1.33. The minimum Gasteiger partial charge on any atom is -0.359 e. The summed E-state index contributed by atoms with van der Waals surface area (Å²) in [7, 11) is 0. The van der Waals surface area contributed by atoms with Gasteiger partial charge in [0.1, 0.15) is 11.6 Å². The second kappa shape index (κ2) is 5.24. The lowest BCUT2D eigenvalue weighted by molar-refractivity contribution is 0.262. The van der Waals surface area contributed by atoms with Crippen molar-refractivity contribution in [1.82, 2.24) is 4.98 Å². The molecule has 0 atom stereocenters. The molecule has 0 spiro atoms. The van der Waals surface area contributed by atoms with E-state index < -0.39 is 17.7 Å². The van der Waals surface area contributed by atoms with Crippen molar-refractivity contribution in [2.24, 2.45) is 0 Å². The number of nitrogens with one attached hydrogen (secondary N) is 3. The zero-order valence-electron chi connectivity index (χ0n) is 10.8. The third-order valence-corrected chi connectivity index (χ3v) is 3.01. The van der Waals surface area contributed by atoms with Gasteiger partial charge in [0.25, 0.3) is 0 Å². The third kappa shape index (κ3) is 2.69. The molecule has 0 saturated heterocycles. The van der Waals surface area contributed by atoms with Gasteiger partial charge in [0.05, 0.1) is 11.4 Å². The van der Waals surface area contributed by atoms with E-state index in [1.165, 1.54) is 0 Å². The summed E-state index contributed by atoms with van der Waals surface area (Å²) in [4.78, 5) is 14.9. The molecule has 0 saturated carbocycles. The number of amides is 2. The molecular formula is C15H11F2N3O. The number of para-hydroxylation sites is 1. The third-order valence-electron chi connectivity index (χ3n) is 3.01. The molecule has 0 fully saturated rings. The largest absolute Gasteiger partial charge is 0.359 e. The maximum Gasteiger partial charge on any atom is 0.323 e. The molecule has 2 amide bonds. The van der Waals surface area contributed by atoms with Crippen LogP contribution < -0.4 is 10.6 Å². The molecule has 0 aliphatic heterocycles. The van der Waals surface area contributed by atoms with Crippen molar-refractivity contribution in [2.75, 3.05) is 10.6 Å². The smallest absolute Gasteiger partial charge is 0.323 e. The molecule has 0 radical (unpaired) electrons. The Labute approximate surface area is 118 Å². The molecule has 2 aromatic carbocycles. The van der Waals surface area contributed by atoms with Gasteiger partial charge in [-0.2, -0.15) is 0 Å². The van der Waals surface area contributed by atoms with Gasteiger partial charge in [0, 0.05) is 23.2 Å². The first-order valence-electron chi connectivity index (χ1n) is 6.22. The first kappa shape index (κ1) is 13.1. The Morgan fingerprint density at radius 1 is 1.00 bits per heavy atom. The molecule has 3 aromatic rings. The average Bonchev–Trinajstić information content (AvgIpc) is 2.86. The van der Waals surface area contributed by atoms with E-state index in [1.807, 2.05) is 24.3 Å². The number of H-pyrrole nitrogens is 1. The molecule has 3 N–H and O–H groups in total. The number of aromatic nitrogens is 1. The van der Waals surface area contributed by atoms with Crippen LogP contribution in [0.25, 0.3) is 10.9 Å². The number of carbonyl (C=O) groups excluding carboxylic acids is 1. The van der Waals surface area contributed by atoms with Crippen LogP contribution in [0.3, 0.4) is 0 Å². The Bertz CT molecular complexity index is 814. The van der Waals surface area contributed by atoms with E-state index in [0.29, 0.717) is 5.69 Å². The van der Waals surface area contributed by atoms with Crippen LogP contribution >= 0.6 is 0 Å². The highest BCUT2D eigenvalue weighted by molar-refractivity contribution is 6.05. The van der Waals surface area contributed by atoms with Gasteiger partial charge in [0.15, 0.2) is 0 Å². The predicted octanol–water partition coefficient (Wildman–Crippen LogP) is 4.09. The fourth-order valence-corrected chi connectivity index (χ4v) is 2.04. The highest BCUT2D eigenvalue weighted by Gasteiger charge is 2.10. The lowest BCUT2D eigenvalue weighted by Gasteiger charge is -2.07. The SMILES string of the molecule is O=C(Nc1cc(F)ccc1F)Nc1c[nH]c2ccccc12. The van der Waals surface area contributed by atoms with Gasteiger partial charge in [-0.15, -0.1) is 0 Å². The number of fused-ring (bicyclic) bond motifs is 1. The van der Waals surface area contributed by atoms with Crippen LogP contribution in [-0.4, -0.2) is 11.0 Å². The molecule has 0 aliphatic carbocycles. The summed E-state index contributed by atoms with van der Waals surface area (Å²) < 4.78 is 26.5. The van der Waals surface area contributed by atoms with Gasteiger partial charge in [-0.25, -0.2) is 13.6 Å². The Morgan fingerprint density at radius 2 is 1.76 bits per heavy atom. The van der Waals surface area contributed by atoms with E-state index in [0.717, 1.165) is 29.1 Å². The molecule has 0 unspecified atom stereocenters. The standard InChI is InChI=1S/C15H11F2N3O/c16-9-5-6-11(17)13(7-9)19-15(21)20-14-8-18-12-4-2-1-3-10(12)14/h1-8,18H,(H2,19,20,21). The van der Waals surface area contributed by atoms with E-state index >= 15 is 0 Å². The summed E-state index contributed by atoms with van der Waals surface area (Å²) in [6, 6.07) is 9.62. The first-order chi connectivity index (χ1) is 10.1. The van der Waals surface area contributed by atoms with Crippen LogP contribution in [0.15, 0.2) is 48.7 Å². The van der Waals surface area contributed by atoms with E-state index in [1.54, 1.807) is 6.20 Å². The second-order valence-electron chi connectivity index (χ2n) is 4.45. The van der Waals surface area contributed by atoms with Crippen molar-refractivity contribution in [2.45, 2.75) is 0 Å². The Kier molecular flexibility index (Phi) is 3.27. The lowest BCUT2D eigenvalue weighted by atomic mass is 10.2. The number of halogens is 2. The molecule has 0 bridgehead atoms. The molecule has 1 aromatic heterocycles. The first-order valence-corrected chi connectivity index (χ1v) is 6.22. The number of urea groups is 1. The Hall–Kier alpha value is -2.89. The number of carbonyl (C=O) groups is 1. The van der Waals surface area contributed by atoms with Crippen LogP contribution in [0, 0.1) is 11.6 Å². The van der Waals surface area contributed by atoms with Crippen molar-refractivity contribution >= 4 is 28.3 Å². The second-order valence-corrected chi connectivity index (χ2v) is 4.45. The van der Waals surface area contributed by atoms with Gasteiger partial charge in [-0.3, -0.25) is 0 Å². The maximum atomic E-state index is 13.4. The van der Waals surface area contributed by atoms with E-state index in [4.69, 9.17) is 0 Å². The highest BCUT2D eigenvalue weighted by atomic mass is 19.1. The highest BCUT2D eigenvalue weighted by Crippen LogP contribution is 2.23. The number of anilines is 2. The number of benzene rings is 2. The van der Waals surface area contributed by atoms with E-state index in [2.05, 4.69) is 15.6 Å².